The molecule has 0 saturated heterocycles. The van der Waals surface area contributed by atoms with Gasteiger partial charge in [0.05, 0.1) is 16.1 Å². The number of hydrogen-bond acceptors (Lipinski definition) is 4. The molecule has 0 bridgehead atoms. The summed E-state index contributed by atoms with van der Waals surface area (Å²) in [5.41, 5.74) is 6.79. The number of thiophene rings is 1. The number of carbonyl (C=O) groups excluding carboxylic acids is 3. The highest BCUT2D eigenvalue weighted by atomic mass is 32.1. The third-order valence-electron chi connectivity index (χ3n) is 3.41. The Bertz CT molecular complexity index is 755. The molecule has 0 saturated carbocycles. The van der Waals surface area contributed by atoms with E-state index in [0.29, 0.717) is 16.1 Å². The summed E-state index contributed by atoms with van der Waals surface area (Å²) in [5.74, 6) is -1.09. The Morgan fingerprint density at radius 1 is 1.12 bits per heavy atom. The van der Waals surface area contributed by atoms with Crippen molar-refractivity contribution in [1.82, 2.24) is 5.32 Å². The number of anilines is 1. The van der Waals surface area contributed by atoms with Crippen molar-refractivity contribution in [1.29, 1.82) is 0 Å². The second-order valence-electron chi connectivity index (χ2n) is 5.10. The van der Waals surface area contributed by atoms with E-state index in [1.165, 1.54) is 11.3 Å². The molecule has 0 spiro atoms. The molecule has 0 radical (unpaired) electrons. The van der Waals surface area contributed by atoms with Crippen molar-refractivity contribution in [3.8, 4) is 0 Å². The molecule has 0 unspecified atom stereocenters. The average Bonchev–Trinajstić information content (AvgIpc) is 3.03. The zero-order valence-electron chi connectivity index (χ0n) is 13.3. The second kappa shape index (κ2) is 8.26. The zero-order chi connectivity index (χ0) is 17.5. The Labute approximate surface area is 144 Å². The van der Waals surface area contributed by atoms with E-state index in [2.05, 4.69) is 10.6 Å². The maximum absolute atomic E-state index is 12.4. The van der Waals surface area contributed by atoms with E-state index in [9.17, 15) is 14.4 Å². The molecule has 6 nitrogen and oxygen atoms in total. The SMILES string of the molecule is CCc1ccsc1C(=O)Nc1ccccc1C(=O)NCCC(N)=O. The molecule has 0 aliphatic heterocycles. The molecular formula is C17H19N3O3S. The van der Waals surface area contributed by atoms with Gasteiger partial charge in [-0.05, 0) is 35.6 Å². The van der Waals surface area contributed by atoms with E-state index in [0.717, 1.165) is 12.0 Å². The molecule has 126 valence electrons. The lowest BCUT2D eigenvalue weighted by Gasteiger charge is -2.11. The van der Waals surface area contributed by atoms with Gasteiger partial charge in [-0.25, -0.2) is 0 Å². The Balaban J connectivity index is 2.12. The minimum Gasteiger partial charge on any atom is -0.370 e. The first kappa shape index (κ1) is 17.7. The van der Waals surface area contributed by atoms with Crippen molar-refractivity contribution >= 4 is 34.7 Å². The highest BCUT2D eigenvalue weighted by Crippen LogP contribution is 2.21. The minimum absolute atomic E-state index is 0.0648. The van der Waals surface area contributed by atoms with Crippen molar-refractivity contribution < 1.29 is 14.4 Å². The Kier molecular flexibility index (Phi) is 6.08. The number of nitrogens with one attached hydrogen (secondary N) is 2. The standard InChI is InChI=1S/C17H19N3O3S/c1-2-11-8-10-24-15(11)17(23)20-13-6-4-3-5-12(13)16(22)19-9-7-14(18)21/h3-6,8,10H,2,7,9H2,1H3,(H2,18,21)(H,19,22)(H,20,23). The minimum atomic E-state index is -0.485. The summed E-state index contributed by atoms with van der Waals surface area (Å²) in [4.78, 5) is 36.0. The van der Waals surface area contributed by atoms with Gasteiger partial charge >= 0.3 is 0 Å². The molecule has 7 heteroatoms. The number of hydrogen-bond donors (Lipinski definition) is 3. The third-order valence-corrected chi connectivity index (χ3v) is 4.37. The molecule has 1 aromatic carbocycles. The second-order valence-corrected chi connectivity index (χ2v) is 6.02. The number of rotatable bonds is 7. The van der Waals surface area contributed by atoms with Crippen molar-refractivity contribution in [2.75, 3.05) is 11.9 Å². The number of carbonyl (C=O) groups is 3. The normalized spacial score (nSPS) is 10.2. The highest BCUT2D eigenvalue weighted by molar-refractivity contribution is 7.12. The molecular weight excluding hydrogens is 326 g/mol. The van der Waals surface area contributed by atoms with E-state index in [4.69, 9.17) is 5.73 Å². The Hall–Kier alpha value is -2.67. The molecule has 0 aliphatic carbocycles. The van der Waals surface area contributed by atoms with Crippen LogP contribution in [-0.4, -0.2) is 24.3 Å². The van der Waals surface area contributed by atoms with Crippen molar-refractivity contribution in [3.05, 3.63) is 51.7 Å². The van der Waals surface area contributed by atoms with Gasteiger partial charge in [-0.15, -0.1) is 11.3 Å². The molecule has 0 atom stereocenters. The average molecular weight is 345 g/mol. The van der Waals surface area contributed by atoms with Crippen molar-refractivity contribution in [2.45, 2.75) is 19.8 Å². The number of para-hydroxylation sites is 1. The van der Waals surface area contributed by atoms with Gasteiger partial charge in [0, 0.05) is 13.0 Å². The predicted molar refractivity (Wildman–Crippen MR) is 94.2 cm³/mol. The van der Waals surface area contributed by atoms with Gasteiger partial charge in [-0.3, -0.25) is 14.4 Å². The number of aryl methyl sites for hydroxylation is 1. The van der Waals surface area contributed by atoms with Crippen LogP contribution in [-0.2, 0) is 11.2 Å². The monoisotopic (exact) mass is 345 g/mol. The van der Waals surface area contributed by atoms with Gasteiger partial charge in [-0.1, -0.05) is 19.1 Å². The van der Waals surface area contributed by atoms with E-state index in [1.54, 1.807) is 24.3 Å². The summed E-state index contributed by atoms with van der Waals surface area (Å²) in [5, 5.41) is 7.27. The molecule has 3 amide bonds. The van der Waals surface area contributed by atoms with Crippen LogP contribution in [0.15, 0.2) is 35.7 Å². The summed E-state index contributed by atoms with van der Waals surface area (Å²) in [6.45, 7) is 2.14. The fraction of sp³-hybridized carbons (Fsp3) is 0.235. The molecule has 0 aliphatic rings. The third kappa shape index (κ3) is 4.42. The summed E-state index contributed by atoms with van der Waals surface area (Å²) in [7, 11) is 0. The lowest BCUT2D eigenvalue weighted by molar-refractivity contribution is -0.117. The summed E-state index contributed by atoms with van der Waals surface area (Å²) in [6.07, 6.45) is 0.830. The van der Waals surface area contributed by atoms with E-state index in [-0.39, 0.29) is 24.8 Å². The molecule has 1 heterocycles. The lowest BCUT2D eigenvalue weighted by Crippen LogP contribution is -2.28. The van der Waals surface area contributed by atoms with E-state index in [1.807, 2.05) is 18.4 Å². The first-order valence-electron chi connectivity index (χ1n) is 7.56. The van der Waals surface area contributed by atoms with Crippen LogP contribution in [0.5, 0.6) is 0 Å². The Morgan fingerprint density at radius 3 is 2.58 bits per heavy atom. The molecule has 2 rings (SSSR count). The van der Waals surface area contributed by atoms with Crippen LogP contribution in [0.3, 0.4) is 0 Å². The summed E-state index contributed by atoms with van der Waals surface area (Å²) >= 11 is 1.37. The first-order chi connectivity index (χ1) is 11.5. The first-order valence-corrected chi connectivity index (χ1v) is 8.44. The number of nitrogens with two attached hydrogens (primary N) is 1. The fourth-order valence-corrected chi connectivity index (χ4v) is 3.07. The van der Waals surface area contributed by atoms with Crippen molar-refractivity contribution in [2.24, 2.45) is 5.73 Å². The van der Waals surface area contributed by atoms with Crippen LogP contribution in [0.4, 0.5) is 5.69 Å². The van der Waals surface area contributed by atoms with Crippen LogP contribution >= 0.6 is 11.3 Å². The molecule has 1 aromatic heterocycles. The van der Waals surface area contributed by atoms with Gasteiger partial charge in [0.15, 0.2) is 0 Å². The van der Waals surface area contributed by atoms with Gasteiger partial charge < -0.3 is 16.4 Å². The van der Waals surface area contributed by atoms with Gasteiger partial charge in [0.25, 0.3) is 11.8 Å². The predicted octanol–water partition coefficient (Wildman–Crippen LogP) is 2.17. The number of benzene rings is 1. The quantitative estimate of drug-likeness (QED) is 0.717. The number of primary amides is 1. The van der Waals surface area contributed by atoms with Gasteiger partial charge in [-0.2, -0.15) is 0 Å². The number of amides is 3. The molecule has 2 aromatic rings. The van der Waals surface area contributed by atoms with Crippen molar-refractivity contribution in [3.63, 3.8) is 0 Å². The molecule has 0 fully saturated rings. The maximum Gasteiger partial charge on any atom is 0.266 e. The van der Waals surface area contributed by atoms with Crippen LogP contribution < -0.4 is 16.4 Å². The van der Waals surface area contributed by atoms with Crippen LogP contribution in [0.1, 0.15) is 38.9 Å². The van der Waals surface area contributed by atoms with Crippen LogP contribution in [0.25, 0.3) is 0 Å². The smallest absolute Gasteiger partial charge is 0.266 e. The molecule has 24 heavy (non-hydrogen) atoms. The van der Waals surface area contributed by atoms with Gasteiger partial charge in [0.2, 0.25) is 5.91 Å². The van der Waals surface area contributed by atoms with Crippen LogP contribution in [0.2, 0.25) is 0 Å². The van der Waals surface area contributed by atoms with E-state index >= 15 is 0 Å². The van der Waals surface area contributed by atoms with Crippen LogP contribution in [0, 0.1) is 0 Å². The lowest BCUT2D eigenvalue weighted by atomic mass is 10.1. The summed E-state index contributed by atoms with van der Waals surface area (Å²) in [6, 6.07) is 8.65. The highest BCUT2D eigenvalue weighted by Gasteiger charge is 2.16. The van der Waals surface area contributed by atoms with Gasteiger partial charge in [0.1, 0.15) is 0 Å². The topological polar surface area (TPSA) is 101 Å². The summed E-state index contributed by atoms with van der Waals surface area (Å²) < 4.78 is 0. The zero-order valence-corrected chi connectivity index (χ0v) is 14.1. The Morgan fingerprint density at radius 2 is 1.88 bits per heavy atom. The largest absolute Gasteiger partial charge is 0.370 e. The fourth-order valence-electron chi connectivity index (χ4n) is 2.18. The van der Waals surface area contributed by atoms with E-state index < -0.39 is 5.91 Å². The molecule has 4 N–H and O–H groups in total. The maximum atomic E-state index is 12.4.